The second-order valence-corrected chi connectivity index (χ2v) is 7.01. The summed E-state index contributed by atoms with van der Waals surface area (Å²) in [5, 5.41) is 2.91. The molecule has 0 aromatic heterocycles. The van der Waals surface area contributed by atoms with Crippen LogP contribution in [0.2, 0.25) is 10.0 Å². The molecule has 0 bridgehead atoms. The first-order valence-electron chi connectivity index (χ1n) is 8.28. The molecule has 0 unspecified atom stereocenters. The lowest BCUT2D eigenvalue weighted by molar-refractivity contribution is -0.154. The molecule has 0 radical (unpaired) electrons. The van der Waals surface area contributed by atoms with E-state index in [1.165, 1.54) is 0 Å². The molecule has 1 aromatic rings. The van der Waals surface area contributed by atoms with E-state index in [4.69, 9.17) is 27.9 Å². The van der Waals surface area contributed by atoms with Gasteiger partial charge in [0.2, 0.25) is 11.8 Å². The summed E-state index contributed by atoms with van der Waals surface area (Å²) in [7, 11) is 0. The number of hydrogen-bond acceptors (Lipinski definition) is 5. The Morgan fingerprint density at radius 1 is 1.11 bits per heavy atom. The smallest absolute Gasteiger partial charge is 0.326 e. The number of fused-ring (bicyclic) bond motifs is 1. The van der Waals surface area contributed by atoms with Gasteiger partial charge < -0.3 is 10.1 Å². The summed E-state index contributed by atoms with van der Waals surface area (Å²) in [6, 6.07) is 4.72. The maximum Gasteiger partial charge on any atom is 0.326 e. The number of allylic oxidation sites excluding steroid dienone is 2. The Kier molecular flexibility index (Phi) is 5.82. The third kappa shape index (κ3) is 4.14. The molecule has 0 saturated carbocycles. The zero-order valence-corrected chi connectivity index (χ0v) is 15.6. The number of nitrogens with zero attached hydrogens (tertiary/aromatic N) is 1. The van der Waals surface area contributed by atoms with Gasteiger partial charge in [0.25, 0.3) is 5.91 Å². The van der Waals surface area contributed by atoms with Crippen LogP contribution in [0.4, 0.5) is 5.69 Å². The standard InChI is InChI=1S/C18H16Cl2N2O5/c19-12-6-3-7-13(16(12)20)21-14(23)9-27-15(24)8-22-17(25)10-4-1-2-5-11(10)18(22)26/h1-3,6-7,10-11H,4-5,8-9H2,(H,21,23)/t10-,11-/m0/s1. The first-order valence-corrected chi connectivity index (χ1v) is 9.03. The van der Waals surface area contributed by atoms with Gasteiger partial charge in [-0.3, -0.25) is 24.1 Å². The highest BCUT2D eigenvalue weighted by Gasteiger charge is 2.47. The Hall–Kier alpha value is -2.38. The average Bonchev–Trinajstić information content (AvgIpc) is 2.89. The minimum atomic E-state index is -0.837. The van der Waals surface area contributed by atoms with Crippen LogP contribution in [-0.4, -0.2) is 41.7 Å². The van der Waals surface area contributed by atoms with Crippen LogP contribution in [0.25, 0.3) is 0 Å². The summed E-state index contributed by atoms with van der Waals surface area (Å²) in [6.45, 7) is -1.08. The largest absolute Gasteiger partial charge is 0.454 e. The zero-order valence-electron chi connectivity index (χ0n) is 14.1. The Morgan fingerprint density at radius 2 is 1.74 bits per heavy atom. The molecule has 0 spiro atoms. The van der Waals surface area contributed by atoms with Crippen molar-refractivity contribution in [2.45, 2.75) is 12.8 Å². The summed E-state index contributed by atoms with van der Waals surface area (Å²) >= 11 is 11.8. The van der Waals surface area contributed by atoms with E-state index in [-0.39, 0.29) is 27.5 Å². The Labute approximate surface area is 165 Å². The second kappa shape index (κ2) is 8.10. The van der Waals surface area contributed by atoms with Crippen LogP contribution >= 0.6 is 23.2 Å². The average molecular weight is 411 g/mol. The van der Waals surface area contributed by atoms with Crippen molar-refractivity contribution in [2.24, 2.45) is 11.8 Å². The molecule has 2 aliphatic rings. The van der Waals surface area contributed by atoms with Gasteiger partial charge in [0, 0.05) is 0 Å². The number of carbonyl (C=O) groups excluding carboxylic acids is 4. The summed E-state index contributed by atoms with van der Waals surface area (Å²) < 4.78 is 4.87. The maximum atomic E-state index is 12.3. The number of likely N-dealkylation sites (tertiary alicyclic amines) is 1. The topological polar surface area (TPSA) is 92.8 Å². The number of nitrogens with one attached hydrogen (secondary N) is 1. The van der Waals surface area contributed by atoms with Crippen molar-refractivity contribution in [2.75, 3.05) is 18.5 Å². The summed E-state index contributed by atoms with van der Waals surface area (Å²) in [6.07, 6.45) is 4.70. The SMILES string of the molecule is O=C(COC(=O)CN1C(=O)[C@H]2CC=CC[C@@H]2C1=O)Nc1cccc(Cl)c1Cl. The Bertz CT molecular complexity index is 813. The van der Waals surface area contributed by atoms with Gasteiger partial charge in [-0.25, -0.2) is 0 Å². The van der Waals surface area contributed by atoms with Crippen molar-refractivity contribution >= 4 is 52.6 Å². The van der Waals surface area contributed by atoms with Gasteiger partial charge in [-0.2, -0.15) is 0 Å². The molecule has 1 heterocycles. The van der Waals surface area contributed by atoms with Gasteiger partial charge in [0.1, 0.15) is 6.54 Å². The molecule has 1 fully saturated rings. The number of ether oxygens (including phenoxy) is 1. The number of benzene rings is 1. The number of esters is 1. The van der Waals surface area contributed by atoms with Crippen LogP contribution in [0.3, 0.4) is 0 Å². The summed E-state index contributed by atoms with van der Waals surface area (Å²) in [5.74, 6) is -3.03. The van der Waals surface area contributed by atoms with Crippen LogP contribution in [0.1, 0.15) is 12.8 Å². The minimum absolute atomic E-state index is 0.170. The molecule has 27 heavy (non-hydrogen) atoms. The van der Waals surface area contributed by atoms with Crippen molar-refractivity contribution in [1.82, 2.24) is 4.90 Å². The predicted molar refractivity (Wildman–Crippen MR) is 98.1 cm³/mol. The lowest BCUT2D eigenvalue weighted by Gasteiger charge is -2.14. The van der Waals surface area contributed by atoms with Gasteiger partial charge in [0.05, 0.1) is 27.6 Å². The highest BCUT2D eigenvalue weighted by Crippen LogP contribution is 2.34. The van der Waals surface area contributed by atoms with Gasteiger partial charge in [-0.1, -0.05) is 41.4 Å². The summed E-state index contributed by atoms with van der Waals surface area (Å²) in [4.78, 5) is 49.4. The van der Waals surface area contributed by atoms with E-state index in [0.29, 0.717) is 12.8 Å². The van der Waals surface area contributed by atoms with Crippen LogP contribution in [0.15, 0.2) is 30.4 Å². The second-order valence-electron chi connectivity index (χ2n) is 6.23. The molecule has 1 aromatic carbocycles. The first kappa shape index (κ1) is 19.4. The van der Waals surface area contributed by atoms with Gasteiger partial charge in [-0.15, -0.1) is 0 Å². The van der Waals surface area contributed by atoms with E-state index in [2.05, 4.69) is 5.32 Å². The number of imide groups is 1. The van der Waals surface area contributed by atoms with Crippen LogP contribution in [0, 0.1) is 11.8 Å². The van der Waals surface area contributed by atoms with E-state index in [1.54, 1.807) is 18.2 Å². The monoisotopic (exact) mass is 410 g/mol. The number of hydrogen-bond donors (Lipinski definition) is 1. The maximum absolute atomic E-state index is 12.3. The lowest BCUT2D eigenvalue weighted by Crippen LogP contribution is -2.37. The highest BCUT2D eigenvalue weighted by atomic mass is 35.5. The van der Waals surface area contributed by atoms with E-state index < -0.39 is 36.9 Å². The molecule has 9 heteroatoms. The van der Waals surface area contributed by atoms with Crippen LogP contribution in [-0.2, 0) is 23.9 Å². The van der Waals surface area contributed by atoms with Crippen molar-refractivity contribution in [1.29, 1.82) is 0 Å². The third-order valence-electron chi connectivity index (χ3n) is 4.48. The fourth-order valence-electron chi connectivity index (χ4n) is 3.13. The summed E-state index contributed by atoms with van der Waals surface area (Å²) in [5.41, 5.74) is 0.284. The molecule has 1 aliphatic heterocycles. The number of halogens is 2. The van der Waals surface area contributed by atoms with Crippen LogP contribution < -0.4 is 5.32 Å². The Morgan fingerprint density at radius 3 is 2.37 bits per heavy atom. The van der Waals surface area contributed by atoms with Gasteiger partial charge >= 0.3 is 5.97 Å². The molecule has 142 valence electrons. The van der Waals surface area contributed by atoms with Crippen molar-refractivity contribution in [3.05, 3.63) is 40.4 Å². The number of rotatable bonds is 5. The fraction of sp³-hybridized carbons (Fsp3) is 0.333. The highest BCUT2D eigenvalue weighted by molar-refractivity contribution is 6.44. The van der Waals surface area contributed by atoms with Crippen molar-refractivity contribution in [3.63, 3.8) is 0 Å². The van der Waals surface area contributed by atoms with E-state index in [0.717, 1.165) is 4.90 Å². The number of carbonyl (C=O) groups is 4. The molecule has 2 atom stereocenters. The van der Waals surface area contributed by atoms with E-state index in [9.17, 15) is 19.2 Å². The molecule has 1 aliphatic carbocycles. The zero-order chi connectivity index (χ0) is 19.6. The number of amides is 3. The van der Waals surface area contributed by atoms with Gasteiger partial charge in [0.15, 0.2) is 6.61 Å². The third-order valence-corrected chi connectivity index (χ3v) is 5.29. The van der Waals surface area contributed by atoms with E-state index >= 15 is 0 Å². The van der Waals surface area contributed by atoms with E-state index in [1.807, 2.05) is 12.2 Å². The molecule has 3 rings (SSSR count). The van der Waals surface area contributed by atoms with Crippen LogP contribution in [0.5, 0.6) is 0 Å². The number of anilines is 1. The normalized spacial score (nSPS) is 21.2. The van der Waals surface area contributed by atoms with Gasteiger partial charge in [-0.05, 0) is 25.0 Å². The minimum Gasteiger partial charge on any atom is -0.454 e. The molecule has 1 N–H and O–H groups in total. The fourth-order valence-corrected chi connectivity index (χ4v) is 3.48. The molecule has 1 saturated heterocycles. The lowest BCUT2D eigenvalue weighted by atomic mass is 9.85. The Balaban J connectivity index is 1.51. The quantitative estimate of drug-likeness (QED) is 0.457. The first-order chi connectivity index (χ1) is 12.9. The van der Waals surface area contributed by atoms with Crippen molar-refractivity contribution in [3.8, 4) is 0 Å². The molecule has 7 nitrogen and oxygen atoms in total. The molecule has 3 amide bonds. The predicted octanol–water partition coefficient (Wildman–Crippen LogP) is 2.43. The van der Waals surface area contributed by atoms with Crippen molar-refractivity contribution < 1.29 is 23.9 Å². The molecular weight excluding hydrogens is 395 g/mol. The molecular formula is C18H16Cl2N2O5.